The normalized spacial score (nSPS) is 9.80. The van der Waals surface area contributed by atoms with E-state index >= 15 is 0 Å². The van der Waals surface area contributed by atoms with Crippen LogP contribution in [0.4, 0.5) is 5.69 Å². The van der Waals surface area contributed by atoms with Crippen molar-refractivity contribution in [2.24, 2.45) is 0 Å². The Labute approximate surface area is 118 Å². The van der Waals surface area contributed by atoms with Crippen LogP contribution in [0.2, 0.25) is 0 Å². The smallest absolute Gasteiger partial charge is 0.315 e. The highest BCUT2D eigenvalue weighted by Gasteiger charge is 2.21. The van der Waals surface area contributed by atoms with E-state index in [0.717, 1.165) is 12.1 Å². The van der Waals surface area contributed by atoms with E-state index in [1.807, 2.05) is 0 Å². The lowest BCUT2D eigenvalue weighted by Gasteiger charge is -2.04. The molecular weight excluding hydrogens is 290 g/mol. The summed E-state index contributed by atoms with van der Waals surface area (Å²) >= 11 is 0. The van der Waals surface area contributed by atoms with Crippen LogP contribution < -0.4 is 0 Å². The Hall–Kier alpha value is -2.61. The average molecular weight is 300 g/mol. The molecule has 0 atom stereocenters. The van der Waals surface area contributed by atoms with Crippen LogP contribution in [0, 0.1) is 10.1 Å². The molecule has 1 aromatic heterocycles. The Morgan fingerprint density at radius 2 is 2.10 bits per heavy atom. The van der Waals surface area contributed by atoms with Crippen LogP contribution in [0.5, 0.6) is 11.5 Å². The highest BCUT2D eigenvalue weighted by atomic mass is 35.5. The number of nitrogens with zero attached hydrogens (tertiary/aromatic N) is 3. The molecule has 106 valence electrons. The molecule has 0 fully saturated rings. The van der Waals surface area contributed by atoms with E-state index in [1.165, 1.54) is 17.1 Å². The van der Waals surface area contributed by atoms with Crippen LogP contribution in [-0.2, 0) is 6.54 Å². The summed E-state index contributed by atoms with van der Waals surface area (Å²) in [4.78, 5) is 25.4. The van der Waals surface area contributed by atoms with E-state index < -0.39 is 27.9 Å². The number of hydrogen-bond donors (Lipinski definition) is 2. The van der Waals surface area contributed by atoms with Crippen LogP contribution in [0.3, 0.4) is 0 Å². The van der Waals surface area contributed by atoms with E-state index in [1.54, 1.807) is 6.20 Å². The molecule has 0 unspecified atom stereocenters. The highest BCUT2D eigenvalue weighted by Crippen LogP contribution is 2.36. The summed E-state index contributed by atoms with van der Waals surface area (Å²) in [7, 11) is 0. The van der Waals surface area contributed by atoms with E-state index in [0.29, 0.717) is 0 Å². The first-order valence-corrected chi connectivity index (χ1v) is 5.18. The fourth-order valence-corrected chi connectivity index (χ4v) is 1.54. The molecule has 0 bridgehead atoms. The van der Waals surface area contributed by atoms with Gasteiger partial charge in [0.05, 0.1) is 17.8 Å². The molecule has 0 aliphatic heterocycles. The zero-order valence-corrected chi connectivity index (χ0v) is 10.8. The monoisotopic (exact) mass is 299 g/mol. The zero-order chi connectivity index (χ0) is 14.0. The van der Waals surface area contributed by atoms with Crippen molar-refractivity contribution in [3.63, 3.8) is 0 Å². The van der Waals surface area contributed by atoms with E-state index in [-0.39, 0.29) is 24.5 Å². The van der Waals surface area contributed by atoms with Crippen LogP contribution >= 0.6 is 12.4 Å². The summed E-state index contributed by atoms with van der Waals surface area (Å²) in [5.41, 5.74) is -0.773. The number of rotatable bonds is 4. The summed E-state index contributed by atoms with van der Waals surface area (Å²) in [5.74, 6) is -2.01. The second-order valence-electron chi connectivity index (χ2n) is 3.78. The van der Waals surface area contributed by atoms with Gasteiger partial charge in [-0.2, -0.15) is 0 Å². The van der Waals surface area contributed by atoms with Crippen molar-refractivity contribution in [1.82, 2.24) is 9.55 Å². The molecule has 20 heavy (non-hydrogen) atoms. The standard InChI is InChI=1S/C11H9N3O5.ClH/c15-9-4-7(3-8(11(9)17)14(18)19)10(16)5-13-2-1-12-6-13;/h1-4,6,15,17H,5H2;1H. The van der Waals surface area contributed by atoms with Gasteiger partial charge in [0.2, 0.25) is 5.75 Å². The molecule has 0 amide bonds. The number of benzene rings is 1. The van der Waals surface area contributed by atoms with Gasteiger partial charge in [0.1, 0.15) is 0 Å². The molecule has 2 N–H and O–H groups in total. The van der Waals surface area contributed by atoms with E-state index in [4.69, 9.17) is 0 Å². The molecule has 0 aliphatic carbocycles. The second kappa shape index (κ2) is 6.02. The maximum Gasteiger partial charge on any atom is 0.315 e. The molecule has 0 spiro atoms. The Morgan fingerprint density at radius 3 is 2.65 bits per heavy atom. The maximum atomic E-state index is 11.9. The van der Waals surface area contributed by atoms with E-state index in [9.17, 15) is 25.1 Å². The fourth-order valence-electron chi connectivity index (χ4n) is 1.54. The van der Waals surface area contributed by atoms with Crippen LogP contribution in [0.15, 0.2) is 30.9 Å². The minimum atomic E-state index is -0.872. The lowest BCUT2D eigenvalue weighted by molar-refractivity contribution is -0.386. The van der Waals surface area contributed by atoms with Crippen molar-refractivity contribution < 1.29 is 19.9 Å². The first kappa shape index (κ1) is 15.4. The van der Waals surface area contributed by atoms with Crippen molar-refractivity contribution in [2.75, 3.05) is 0 Å². The maximum absolute atomic E-state index is 11.9. The van der Waals surface area contributed by atoms with Crippen molar-refractivity contribution in [2.45, 2.75) is 6.54 Å². The highest BCUT2D eigenvalue weighted by molar-refractivity contribution is 5.97. The van der Waals surface area contributed by atoms with Crippen molar-refractivity contribution in [1.29, 1.82) is 0 Å². The van der Waals surface area contributed by atoms with Gasteiger partial charge in [0.15, 0.2) is 11.5 Å². The number of hydrogen-bond acceptors (Lipinski definition) is 6. The SMILES string of the molecule is Cl.O=C(Cn1ccnc1)c1cc(O)c(O)c([N+](=O)[O-])c1. The summed E-state index contributed by atoms with van der Waals surface area (Å²) in [6.45, 7) is -0.0681. The number of phenols is 2. The number of carbonyl (C=O) groups is 1. The Bertz CT molecular complexity index is 642. The molecule has 1 aromatic carbocycles. The van der Waals surface area contributed by atoms with Crippen LogP contribution in [-0.4, -0.2) is 30.5 Å². The summed E-state index contributed by atoms with van der Waals surface area (Å²) in [5, 5.41) is 29.4. The van der Waals surface area contributed by atoms with E-state index in [2.05, 4.69) is 4.98 Å². The van der Waals surface area contributed by atoms with Gasteiger partial charge in [0.25, 0.3) is 0 Å². The van der Waals surface area contributed by atoms with Crippen LogP contribution in [0.1, 0.15) is 10.4 Å². The molecule has 1 heterocycles. The molecule has 8 nitrogen and oxygen atoms in total. The second-order valence-corrected chi connectivity index (χ2v) is 3.78. The van der Waals surface area contributed by atoms with Gasteiger partial charge in [-0.25, -0.2) is 4.98 Å². The predicted octanol–water partition coefficient (Wildman–Crippen LogP) is 1.51. The molecule has 2 rings (SSSR count). The molecule has 2 aromatic rings. The molecular formula is C11H10ClN3O5. The number of aromatic hydroxyl groups is 2. The third-order valence-corrected chi connectivity index (χ3v) is 2.47. The molecule has 0 aliphatic rings. The quantitative estimate of drug-likeness (QED) is 0.382. The Balaban J connectivity index is 0.00000200. The van der Waals surface area contributed by atoms with Crippen molar-refractivity contribution >= 4 is 23.9 Å². The number of nitro benzene ring substituents is 1. The van der Waals surface area contributed by atoms with Gasteiger partial charge in [0, 0.05) is 24.0 Å². The Morgan fingerprint density at radius 1 is 1.40 bits per heavy atom. The molecule has 9 heteroatoms. The fraction of sp³-hybridized carbons (Fsp3) is 0.0909. The lowest BCUT2D eigenvalue weighted by Crippen LogP contribution is -2.09. The lowest BCUT2D eigenvalue weighted by atomic mass is 10.1. The zero-order valence-electron chi connectivity index (χ0n) is 9.96. The molecule has 0 saturated heterocycles. The average Bonchev–Trinajstić information content (AvgIpc) is 2.84. The number of Topliss-reactive ketones (excluding diaryl/α,β-unsaturated/α-hetero) is 1. The summed E-state index contributed by atoms with van der Waals surface area (Å²) in [6, 6.07) is 1.91. The summed E-state index contributed by atoms with van der Waals surface area (Å²) < 4.78 is 1.48. The van der Waals surface area contributed by atoms with Gasteiger partial charge in [-0.05, 0) is 6.07 Å². The van der Waals surface area contributed by atoms with Crippen molar-refractivity contribution in [3.8, 4) is 11.5 Å². The largest absolute Gasteiger partial charge is 0.504 e. The van der Waals surface area contributed by atoms with Gasteiger partial charge in [-0.1, -0.05) is 0 Å². The first-order chi connectivity index (χ1) is 8.99. The topological polar surface area (TPSA) is 118 Å². The molecule has 0 saturated carbocycles. The van der Waals surface area contributed by atoms with Crippen molar-refractivity contribution in [3.05, 3.63) is 46.5 Å². The van der Waals surface area contributed by atoms with Gasteiger partial charge < -0.3 is 14.8 Å². The number of ketones is 1. The van der Waals surface area contributed by atoms with Gasteiger partial charge >= 0.3 is 5.69 Å². The molecule has 0 radical (unpaired) electrons. The predicted molar refractivity (Wildman–Crippen MR) is 70.2 cm³/mol. The first-order valence-electron chi connectivity index (χ1n) is 5.18. The number of aromatic nitrogens is 2. The summed E-state index contributed by atoms with van der Waals surface area (Å²) in [6.07, 6.45) is 4.48. The minimum Gasteiger partial charge on any atom is -0.504 e. The van der Waals surface area contributed by atoms with Crippen LogP contribution in [0.25, 0.3) is 0 Å². The number of halogens is 1. The Kier molecular flexibility index (Phi) is 4.65. The minimum absolute atomic E-state index is 0. The number of imidazole rings is 1. The third-order valence-electron chi connectivity index (χ3n) is 2.47. The third kappa shape index (κ3) is 3.04. The number of carbonyl (C=O) groups excluding carboxylic acids is 1. The number of nitro groups is 1. The van der Waals surface area contributed by atoms with Gasteiger partial charge in [-0.3, -0.25) is 14.9 Å². The number of phenolic OH excluding ortho intramolecular Hbond substituents is 2. The van der Waals surface area contributed by atoms with Gasteiger partial charge in [-0.15, -0.1) is 12.4 Å².